The number of phenols is 2. The largest absolute Gasteiger partial charge is 0.508 e. The molecule has 1 unspecified atom stereocenters. The number of ether oxygens (including phenoxy) is 3. The standard InChI is InChI=1S/C44H36ClN3O9/c1-4-5-39(46-40(51)22-31-23(2)48(36-17-13-29(55-3)21-32(31)36)42(53)24-6-9-26(45)10-7-24)47-41(52)25-8-14-30-35(18-25)44(57-43(30)54)33-15-11-27(49)19-37(33)56-38-20-28(50)12-16-34(38)44/h6-21,39,49-50H,4-5,22H2,1-3H3,(H,46,51)(H,47,52). The summed E-state index contributed by atoms with van der Waals surface area (Å²) in [5.41, 5.74) is 2.31. The van der Waals surface area contributed by atoms with Crippen molar-refractivity contribution < 1.29 is 43.6 Å². The summed E-state index contributed by atoms with van der Waals surface area (Å²) in [5, 5.41) is 27.6. The second kappa shape index (κ2) is 14.4. The minimum Gasteiger partial charge on any atom is -0.508 e. The lowest BCUT2D eigenvalue weighted by Gasteiger charge is -2.36. The van der Waals surface area contributed by atoms with E-state index in [1.807, 2.05) is 6.92 Å². The van der Waals surface area contributed by atoms with E-state index in [-0.39, 0.29) is 52.4 Å². The van der Waals surface area contributed by atoms with Crippen LogP contribution in [0.2, 0.25) is 5.02 Å². The molecular formula is C44H36ClN3O9. The third-order valence-corrected chi connectivity index (χ3v) is 10.7. The average Bonchev–Trinajstić information content (AvgIpc) is 3.63. The number of halogens is 1. The molecule has 1 spiro atoms. The first-order chi connectivity index (χ1) is 27.4. The second-order valence-electron chi connectivity index (χ2n) is 13.9. The first-order valence-electron chi connectivity index (χ1n) is 18.2. The van der Waals surface area contributed by atoms with E-state index in [1.54, 1.807) is 79.3 Å². The van der Waals surface area contributed by atoms with Gasteiger partial charge in [-0.05, 0) is 104 Å². The molecule has 12 nitrogen and oxygen atoms in total. The quantitative estimate of drug-likeness (QED) is 0.0858. The van der Waals surface area contributed by atoms with Crippen LogP contribution in [0.4, 0.5) is 0 Å². The maximum absolute atomic E-state index is 14.0. The van der Waals surface area contributed by atoms with Gasteiger partial charge in [0.05, 0.1) is 24.6 Å². The molecule has 0 fully saturated rings. The molecule has 0 radical (unpaired) electrons. The zero-order valence-corrected chi connectivity index (χ0v) is 31.8. The van der Waals surface area contributed by atoms with Crippen molar-refractivity contribution in [1.29, 1.82) is 0 Å². The fourth-order valence-electron chi connectivity index (χ4n) is 7.75. The zero-order valence-electron chi connectivity index (χ0n) is 31.0. The van der Waals surface area contributed by atoms with E-state index in [0.717, 1.165) is 0 Å². The molecule has 8 rings (SSSR count). The van der Waals surface area contributed by atoms with E-state index in [2.05, 4.69) is 10.6 Å². The summed E-state index contributed by atoms with van der Waals surface area (Å²) in [6.07, 6.45) is 0.158. The van der Waals surface area contributed by atoms with Crippen molar-refractivity contribution >= 4 is 46.2 Å². The Hall–Kier alpha value is -6.79. The lowest BCUT2D eigenvalue weighted by molar-refractivity contribution is -0.121. The first-order valence-corrected chi connectivity index (χ1v) is 18.6. The molecule has 1 aromatic heterocycles. The van der Waals surface area contributed by atoms with Gasteiger partial charge in [0.15, 0.2) is 5.60 Å². The van der Waals surface area contributed by atoms with Gasteiger partial charge in [-0.15, -0.1) is 0 Å². The van der Waals surface area contributed by atoms with Crippen molar-refractivity contribution in [3.05, 3.63) is 147 Å². The number of nitrogens with zero attached hydrogens (tertiary/aromatic N) is 1. The van der Waals surface area contributed by atoms with Crippen LogP contribution in [0.3, 0.4) is 0 Å². The molecule has 0 bridgehead atoms. The van der Waals surface area contributed by atoms with Gasteiger partial charge in [0.1, 0.15) is 34.9 Å². The summed E-state index contributed by atoms with van der Waals surface area (Å²) in [6, 6.07) is 25.3. The van der Waals surface area contributed by atoms with Crippen molar-refractivity contribution in [2.75, 3.05) is 7.11 Å². The highest BCUT2D eigenvalue weighted by Crippen LogP contribution is 2.57. The van der Waals surface area contributed by atoms with Crippen molar-refractivity contribution in [3.8, 4) is 28.7 Å². The molecule has 0 saturated carbocycles. The molecular weight excluding hydrogens is 750 g/mol. The molecule has 13 heteroatoms. The Balaban J connectivity index is 1.08. The van der Waals surface area contributed by atoms with Gasteiger partial charge >= 0.3 is 5.97 Å². The number of fused-ring (bicyclic) bond motifs is 7. The van der Waals surface area contributed by atoms with Crippen molar-refractivity contribution in [3.63, 3.8) is 0 Å². The third-order valence-electron chi connectivity index (χ3n) is 10.4. The number of carbonyl (C=O) groups is 4. The number of esters is 1. The number of rotatable bonds is 9. The molecule has 2 amide bonds. The maximum Gasteiger partial charge on any atom is 0.340 e. The highest BCUT2D eigenvalue weighted by Gasteiger charge is 2.54. The van der Waals surface area contributed by atoms with Gasteiger partial charge in [-0.1, -0.05) is 24.9 Å². The monoisotopic (exact) mass is 785 g/mol. The lowest BCUT2D eigenvalue weighted by atomic mass is 9.77. The molecule has 57 heavy (non-hydrogen) atoms. The number of hydrogen-bond donors (Lipinski definition) is 4. The van der Waals surface area contributed by atoms with Crippen LogP contribution < -0.4 is 20.1 Å². The zero-order chi connectivity index (χ0) is 40.2. The van der Waals surface area contributed by atoms with Gasteiger partial charge in [0, 0.05) is 56.1 Å². The smallest absolute Gasteiger partial charge is 0.340 e. The normalized spacial score (nSPS) is 13.9. The Labute approximate surface area is 331 Å². The number of carbonyl (C=O) groups excluding carboxylic acids is 4. The summed E-state index contributed by atoms with van der Waals surface area (Å²) >= 11 is 6.08. The Morgan fingerprint density at radius 1 is 0.842 bits per heavy atom. The van der Waals surface area contributed by atoms with E-state index in [4.69, 9.17) is 25.8 Å². The van der Waals surface area contributed by atoms with Crippen LogP contribution in [-0.4, -0.2) is 51.7 Å². The van der Waals surface area contributed by atoms with Crippen LogP contribution >= 0.6 is 11.6 Å². The number of nitrogens with one attached hydrogen (secondary N) is 2. The molecule has 3 heterocycles. The molecule has 6 aromatic rings. The van der Waals surface area contributed by atoms with Crippen molar-refractivity contribution in [2.45, 2.75) is 44.9 Å². The average molecular weight is 786 g/mol. The highest BCUT2D eigenvalue weighted by atomic mass is 35.5. The molecule has 1 atom stereocenters. The predicted molar refractivity (Wildman–Crippen MR) is 210 cm³/mol. The van der Waals surface area contributed by atoms with Crippen molar-refractivity contribution in [1.82, 2.24) is 15.2 Å². The SMILES string of the molecule is CCCC(NC(=O)Cc1c(C)n(C(=O)c2ccc(Cl)cc2)c2ccc(OC)cc12)NC(=O)c1ccc2c(c1)C1(OC2=O)c2ccc(O)cc2Oc2cc(O)ccc21. The Morgan fingerprint density at radius 3 is 2.16 bits per heavy atom. The van der Waals surface area contributed by atoms with Crippen LogP contribution in [0.25, 0.3) is 10.9 Å². The minimum absolute atomic E-state index is 0.0822. The van der Waals surface area contributed by atoms with Gasteiger partial charge in [-0.2, -0.15) is 0 Å². The van der Waals surface area contributed by atoms with Crippen molar-refractivity contribution in [2.24, 2.45) is 0 Å². The highest BCUT2D eigenvalue weighted by molar-refractivity contribution is 6.30. The summed E-state index contributed by atoms with van der Waals surface area (Å²) in [4.78, 5) is 55.0. The van der Waals surface area contributed by atoms with Gasteiger partial charge in [0.2, 0.25) is 5.91 Å². The van der Waals surface area contributed by atoms with Gasteiger partial charge < -0.3 is 35.1 Å². The molecule has 288 valence electrons. The lowest BCUT2D eigenvalue weighted by Crippen LogP contribution is -2.48. The fraction of sp³-hybridized carbons (Fsp3) is 0.182. The Kier molecular flexibility index (Phi) is 9.37. The molecule has 4 N–H and O–H groups in total. The number of phenolic OH excluding ortho intramolecular Hbond substituents is 2. The van der Waals surface area contributed by atoms with Crippen LogP contribution in [0.1, 0.15) is 78.8 Å². The van der Waals surface area contributed by atoms with Gasteiger partial charge in [-0.25, -0.2) is 4.79 Å². The van der Waals surface area contributed by atoms with E-state index in [9.17, 15) is 29.4 Å². The summed E-state index contributed by atoms with van der Waals surface area (Å²) in [7, 11) is 1.54. The van der Waals surface area contributed by atoms with Crippen LogP contribution in [0, 0.1) is 6.92 Å². The third kappa shape index (κ3) is 6.37. The van der Waals surface area contributed by atoms with E-state index in [0.29, 0.717) is 68.0 Å². The Morgan fingerprint density at radius 2 is 1.51 bits per heavy atom. The Bertz CT molecular complexity index is 2600. The van der Waals surface area contributed by atoms with Crippen LogP contribution in [0.15, 0.2) is 97.1 Å². The molecule has 2 aliphatic rings. The first kappa shape index (κ1) is 37.1. The fourth-order valence-corrected chi connectivity index (χ4v) is 7.88. The number of aromatic hydroxyl groups is 2. The molecule has 0 saturated heterocycles. The minimum atomic E-state index is -1.56. The molecule has 0 aliphatic carbocycles. The second-order valence-corrected chi connectivity index (χ2v) is 14.4. The van der Waals surface area contributed by atoms with Gasteiger partial charge in [-0.3, -0.25) is 19.0 Å². The summed E-state index contributed by atoms with van der Waals surface area (Å²) in [5.74, 6) is -0.994. The van der Waals surface area contributed by atoms with Gasteiger partial charge in [0.25, 0.3) is 11.8 Å². The van der Waals surface area contributed by atoms with E-state index >= 15 is 0 Å². The van der Waals surface area contributed by atoms with Crippen LogP contribution in [-0.2, 0) is 21.6 Å². The predicted octanol–water partition coefficient (Wildman–Crippen LogP) is 7.49. The topological polar surface area (TPSA) is 165 Å². The van der Waals surface area contributed by atoms with Crippen LogP contribution in [0.5, 0.6) is 28.7 Å². The maximum atomic E-state index is 14.0. The summed E-state index contributed by atoms with van der Waals surface area (Å²) < 4.78 is 19.2. The number of amides is 2. The number of aromatic nitrogens is 1. The van der Waals surface area contributed by atoms with E-state index < -0.39 is 23.6 Å². The molecule has 5 aromatic carbocycles. The number of hydrogen-bond acceptors (Lipinski definition) is 9. The van der Waals surface area contributed by atoms with E-state index in [1.165, 1.54) is 36.4 Å². The summed E-state index contributed by atoms with van der Waals surface area (Å²) in [6.45, 7) is 3.71. The molecule has 2 aliphatic heterocycles. The number of methoxy groups -OCH3 is 1. The number of benzene rings is 5.